The van der Waals surface area contributed by atoms with Crippen LogP contribution in [0.1, 0.15) is 12.8 Å². The van der Waals surface area contributed by atoms with Crippen molar-refractivity contribution in [3.63, 3.8) is 0 Å². The molecule has 1 N–H and O–H groups in total. The number of carbonyl (C=O) groups is 3. The molecule has 122 valence electrons. The van der Waals surface area contributed by atoms with E-state index in [-0.39, 0.29) is 37.1 Å². The Morgan fingerprint density at radius 2 is 1.65 bits per heavy atom. The van der Waals surface area contributed by atoms with Gasteiger partial charge in [-0.25, -0.2) is 0 Å². The highest BCUT2D eigenvalue weighted by Gasteiger charge is 2.30. The Morgan fingerprint density at radius 1 is 1.04 bits per heavy atom. The van der Waals surface area contributed by atoms with Crippen molar-refractivity contribution in [1.29, 1.82) is 0 Å². The van der Waals surface area contributed by atoms with Crippen LogP contribution < -0.4 is 10.2 Å². The van der Waals surface area contributed by atoms with E-state index in [2.05, 4.69) is 10.2 Å². The highest BCUT2D eigenvalue weighted by Crippen LogP contribution is 2.19. The molecule has 0 radical (unpaired) electrons. The lowest BCUT2D eigenvalue weighted by atomic mass is 10.2. The molecular formula is C16H19N3O4. The second kappa shape index (κ2) is 6.78. The lowest BCUT2D eigenvalue weighted by molar-refractivity contribution is -0.141. The fourth-order valence-corrected chi connectivity index (χ4v) is 2.72. The Balaban J connectivity index is 1.56. The van der Waals surface area contributed by atoms with Crippen LogP contribution in [-0.4, -0.2) is 55.5 Å². The maximum Gasteiger partial charge on any atom is 0.244 e. The fraction of sp³-hybridized carbons (Fsp3) is 0.438. The van der Waals surface area contributed by atoms with Gasteiger partial charge in [0, 0.05) is 37.3 Å². The first-order valence-electron chi connectivity index (χ1n) is 7.69. The lowest BCUT2D eigenvalue weighted by Gasteiger charge is -2.28. The maximum atomic E-state index is 12.0. The van der Waals surface area contributed by atoms with Crippen LogP contribution >= 0.6 is 0 Å². The minimum atomic E-state index is -0.368. The molecule has 2 aliphatic heterocycles. The number of rotatable bonds is 4. The van der Waals surface area contributed by atoms with Gasteiger partial charge in [0.15, 0.2) is 0 Å². The van der Waals surface area contributed by atoms with Crippen LogP contribution in [0.4, 0.5) is 11.4 Å². The maximum absolute atomic E-state index is 12.0. The number of nitrogens with zero attached hydrogens (tertiary/aromatic N) is 2. The third-order valence-corrected chi connectivity index (χ3v) is 3.98. The van der Waals surface area contributed by atoms with E-state index in [0.29, 0.717) is 5.69 Å². The SMILES string of the molecule is O=C(CN1C(=O)CCC1=O)Nc1ccc(N2CCOCC2)cc1. The van der Waals surface area contributed by atoms with Gasteiger partial charge >= 0.3 is 0 Å². The summed E-state index contributed by atoms with van der Waals surface area (Å²) < 4.78 is 5.32. The summed E-state index contributed by atoms with van der Waals surface area (Å²) >= 11 is 0. The molecule has 0 bridgehead atoms. The fourth-order valence-electron chi connectivity index (χ4n) is 2.72. The average molecular weight is 317 g/mol. The zero-order chi connectivity index (χ0) is 16.2. The molecule has 23 heavy (non-hydrogen) atoms. The van der Waals surface area contributed by atoms with Crippen LogP contribution in [0.25, 0.3) is 0 Å². The summed E-state index contributed by atoms with van der Waals surface area (Å²) in [4.78, 5) is 38.2. The van der Waals surface area contributed by atoms with Crippen molar-refractivity contribution < 1.29 is 19.1 Å². The predicted octanol–water partition coefficient (Wildman–Crippen LogP) is 0.611. The molecule has 0 atom stereocenters. The number of nitrogens with one attached hydrogen (secondary N) is 1. The molecule has 0 aromatic heterocycles. The summed E-state index contributed by atoms with van der Waals surface area (Å²) in [5, 5.41) is 2.71. The Labute approximate surface area is 134 Å². The van der Waals surface area contributed by atoms with Gasteiger partial charge in [-0.05, 0) is 24.3 Å². The first-order valence-corrected chi connectivity index (χ1v) is 7.69. The number of carbonyl (C=O) groups excluding carboxylic acids is 3. The molecule has 3 amide bonds. The molecule has 0 saturated carbocycles. The first kappa shape index (κ1) is 15.5. The second-order valence-corrected chi connectivity index (χ2v) is 5.57. The van der Waals surface area contributed by atoms with Gasteiger partial charge in [-0.15, -0.1) is 0 Å². The number of anilines is 2. The van der Waals surface area contributed by atoms with Crippen molar-refractivity contribution in [3.8, 4) is 0 Å². The number of amides is 3. The number of hydrogen-bond acceptors (Lipinski definition) is 5. The molecule has 2 aliphatic rings. The van der Waals surface area contributed by atoms with Gasteiger partial charge in [-0.1, -0.05) is 0 Å². The molecule has 0 aliphatic carbocycles. The molecule has 1 aromatic rings. The number of morpholine rings is 1. The van der Waals surface area contributed by atoms with Crippen molar-refractivity contribution >= 4 is 29.1 Å². The average Bonchev–Trinajstić information content (AvgIpc) is 2.88. The van der Waals surface area contributed by atoms with E-state index in [1.54, 1.807) is 0 Å². The standard InChI is InChI=1S/C16H19N3O4/c20-14(11-19-15(21)5-6-16(19)22)17-12-1-3-13(4-2-12)18-7-9-23-10-8-18/h1-4H,5-11H2,(H,17,20). The van der Waals surface area contributed by atoms with Crippen molar-refractivity contribution in [2.45, 2.75) is 12.8 Å². The van der Waals surface area contributed by atoms with Crippen molar-refractivity contribution in [2.75, 3.05) is 43.1 Å². The number of benzene rings is 1. The van der Waals surface area contributed by atoms with Gasteiger partial charge in [0.2, 0.25) is 17.7 Å². The molecule has 2 fully saturated rings. The Kier molecular flexibility index (Phi) is 4.57. The molecule has 7 nitrogen and oxygen atoms in total. The summed E-state index contributed by atoms with van der Waals surface area (Å²) in [6.07, 6.45) is 0.390. The van der Waals surface area contributed by atoms with E-state index in [9.17, 15) is 14.4 Å². The molecule has 3 rings (SSSR count). The zero-order valence-electron chi connectivity index (χ0n) is 12.8. The third kappa shape index (κ3) is 3.68. The van der Waals surface area contributed by atoms with E-state index >= 15 is 0 Å². The van der Waals surface area contributed by atoms with E-state index < -0.39 is 0 Å². The number of ether oxygens (including phenoxy) is 1. The zero-order valence-corrected chi connectivity index (χ0v) is 12.8. The van der Waals surface area contributed by atoms with Gasteiger partial charge in [0.05, 0.1) is 13.2 Å². The highest BCUT2D eigenvalue weighted by molar-refractivity contribution is 6.06. The van der Waals surface area contributed by atoms with Gasteiger partial charge < -0.3 is 15.0 Å². The van der Waals surface area contributed by atoms with E-state index in [1.807, 2.05) is 24.3 Å². The van der Waals surface area contributed by atoms with Crippen LogP contribution in [0.3, 0.4) is 0 Å². The Morgan fingerprint density at radius 3 is 2.26 bits per heavy atom. The topological polar surface area (TPSA) is 79.0 Å². The van der Waals surface area contributed by atoms with Gasteiger partial charge in [-0.3, -0.25) is 19.3 Å². The van der Waals surface area contributed by atoms with Gasteiger partial charge in [-0.2, -0.15) is 0 Å². The summed E-state index contributed by atoms with van der Waals surface area (Å²) in [5.41, 5.74) is 1.72. The normalized spacial score (nSPS) is 18.4. The first-order chi connectivity index (χ1) is 11.1. The largest absolute Gasteiger partial charge is 0.378 e. The summed E-state index contributed by atoms with van der Waals surface area (Å²) in [5.74, 6) is -0.937. The van der Waals surface area contributed by atoms with Crippen LogP contribution in [0.2, 0.25) is 0 Å². The van der Waals surface area contributed by atoms with Crippen LogP contribution in [0.15, 0.2) is 24.3 Å². The van der Waals surface area contributed by atoms with Crippen molar-refractivity contribution in [3.05, 3.63) is 24.3 Å². The third-order valence-electron chi connectivity index (χ3n) is 3.98. The second-order valence-electron chi connectivity index (χ2n) is 5.57. The van der Waals surface area contributed by atoms with Crippen LogP contribution in [0.5, 0.6) is 0 Å². The molecule has 1 aromatic carbocycles. The number of likely N-dealkylation sites (tertiary alicyclic amines) is 1. The Hall–Kier alpha value is -2.41. The monoisotopic (exact) mass is 317 g/mol. The number of hydrogen-bond donors (Lipinski definition) is 1. The molecule has 7 heteroatoms. The minimum Gasteiger partial charge on any atom is -0.378 e. The van der Waals surface area contributed by atoms with Gasteiger partial charge in [0.25, 0.3) is 0 Å². The van der Waals surface area contributed by atoms with Crippen LogP contribution in [0, 0.1) is 0 Å². The lowest BCUT2D eigenvalue weighted by Crippen LogP contribution is -2.37. The summed E-state index contributed by atoms with van der Waals surface area (Å²) in [7, 11) is 0. The summed E-state index contributed by atoms with van der Waals surface area (Å²) in [6, 6.07) is 7.51. The van der Waals surface area contributed by atoms with Crippen LogP contribution in [-0.2, 0) is 19.1 Å². The van der Waals surface area contributed by atoms with E-state index in [0.717, 1.165) is 36.9 Å². The van der Waals surface area contributed by atoms with E-state index in [4.69, 9.17) is 4.74 Å². The molecule has 2 heterocycles. The quantitative estimate of drug-likeness (QED) is 0.823. The summed E-state index contributed by atoms with van der Waals surface area (Å²) in [6.45, 7) is 2.92. The molecule has 2 saturated heterocycles. The van der Waals surface area contributed by atoms with Crippen molar-refractivity contribution in [1.82, 2.24) is 4.90 Å². The Bertz CT molecular complexity index is 592. The smallest absolute Gasteiger partial charge is 0.244 e. The molecular weight excluding hydrogens is 298 g/mol. The minimum absolute atomic E-state index is 0.195. The molecule has 0 spiro atoms. The molecule has 0 unspecified atom stereocenters. The number of imide groups is 1. The van der Waals surface area contributed by atoms with E-state index in [1.165, 1.54) is 0 Å². The highest BCUT2D eigenvalue weighted by atomic mass is 16.5. The predicted molar refractivity (Wildman–Crippen MR) is 84.1 cm³/mol. The van der Waals surface area contributed by atoms with Crippen molar-refractivity contribution in [2.24, 2.45) is 0 Å². The van der Waals surface area contributed by atoms with Gasteiger partial charge in [0.1, 0.15) is 6.54 Å².